The van der Waals surface area contributed by atoms with Crippen LogP contribution in [0.25, 0.3) is 31.0 Å². The van der Waals surface area contributed by atoms with Gasteiger partial charge in [-0.1, -0.05) is 0 Å². The van der Waals surface area contributed by atoms with Crippen LogP contribution in [0, 0.1) is 0 Å². The average molecular weight is 867 g/mol. The number of hydrogen-bond acceptors (Lipinski definition) is 7. The fraction of sp³-hybridized carbons (Fsp3) is 0.136. The number of rotatable bonds is 4. The molecule has 0 saturated heterocycles. The van der Waals surface area contributed by atoms with Crippen molar-refractivity contribution in [2.45, 2.75) is 38.5 Å². The molecular formula is C44H32N6S2Se2. The zero-order chi connectivity index (χ0) is 36.3. The van der Waals surface area contributed by atoms with Gasteiger partial charge < -0.3 is 0 Å². The van der Waals surface area contributed by atoms with E-state index in [1.165, 1.54) is 86.1 Å². The van der Waals surface area contributed by atoms with E-state index in [4.69, 9.17) is 17.5 Å². The van der Waals surface area contributed by atoms with Gasteiger partial charge in [-0.2, -0.15) is 0 Å². The van der Waals surface area contributed by atoms with E-state index in [1.54, 1.807) is 0 Å². The third kappa shape index (κ3) is 4.56. The van der Waals surface area contributed by atoms with E-state index in [0.29, 0.717) is 0 Å². The van der Waals surface area contributed by atoms with Crippen LogP contribution in [0.2, 0.25) is 0 Å². The van der Waals surface area contributed by atoms with Crippen LogP contribution in [0.3, 0.4) is 0 Å². The summed E-state index contributed by atoms with van der Waals surface area (Å²) in [5.74, 6) is 0. The van der Waals surface area contributed by atoms with Crippen molar-refractivity contribution in [1.82, 2.24) is 8.75 Å². The van der Waals surface area contributed by atoms with Crippen LogP contribution >= 0.6 is 11.7 Å². The molecule has 3 aromatic heterocycles. The van der Waals surface area contributed by atoms with Gasteiger partial charge >= 0.3 is 336 Å². The van der Waals surface area contributed by atoms with Crippen LogP contribution in [0.5, 0.6) is 0 Å². The first-order valence-electron chi connectivity index (χ1n) is 17.9. The first-order chi connectivity index (χ1) is 26.3. The predicted molar refractivity (Wildman–Crippen MR) is 227 cm³/mol. The van der Waals surface area contributed by atoms with Crippen LogP contribution in [0.4, 0.5) is 43.2 Å². The minimum absolute atomic E-state index is 0.00950. The molecule has 10 heteroatoms. The zero-order valence-corrected chi connectivity index (χ0v) is 34.9. The molecule has 0 fully saturated rings. The van der Waals surface area contributed by atoms with Crippen molar-refractivity contribution in [3.05, 3.63) is 144 Å². The van der Waals surface area contributed by atoms with Gasteiger partial charge in [-0.15, -0.1) is 0 Å². The third-order valence-corrected chi connectivity index (χ3v) is 16.9. The molecule has 11 rings (SSSR count). The van der Waals surface area contributed by atoms with E-state index in [9.17, 15) is 0 Å². The maximum absolute atomic E-state index is 4.99. The van der Waals surface area contributed by atoms with Crippen molar-refractivity contribution in [3.63, 3.8) is 0 Å². The van der Waals surface area contributed by atoms with Gasteiger partial charge in [0.25, 0.3) is 0 Å². The van der Waals surface area contributed by atoms with Crippen molar-refractivity contribution in [1.29, 1.82) is 0 Å². The van der Waals surface area contributed by atoms with Crippen molar-refractivity contribution in [3.8, 4) is 20.0 Å². The van der Waals surface area contributed by atoms with E-state index in [1.807, 2.05) is 0 Å². The molecule has 8 aromatic rings. The van der Waals surface area contributed by atoms with E-state index < -0.39 is 0 Å². The van der Waals surface area contributed by atoms with E-state index >= 15 is 0 Å². The molecular weight excluding hydrogens is 835 g/mol. The Morgan fingerprint density at radius 1 is 0.463 bits per heavy atom. The Kier molecular flexibility index (Phi) is 7.23. The Morgan fingerprint density at radius 2 is 0.815 bits per heavy atom. The third-order valence-electron chi connectivity index (χ3n) is 11.3. The molecule has 54 heavy (non-hydrogen) atoms. The molecule has 0 radical (unpaired) electrons. The van der Waals surface area contributed by atoms with Crippen molar-refractivity contribution >= 4 is 106 Å². The number of benzene rings is 5. The average Bonchev–Trinajstić information content (AvgIpc) is 4.03. The predicted octanol–water partition coefficient (Wildman–Crippen LogP) is 12.1. The van der Waals surface area contributed by atoms with Gasteiger partial charge in [0, 0.05) is 0 Å². The molecule has 3 aliphatic rings. The van der Waals surface area contributed by atoms with E-state index in [0.717, 1.165) is 33.5 Å². The molecule has 0 saturated carbocycles. The molecule has 6 nitrogen and oxygen atoms in total. The fourth-order valence-electron chi connectivity index (χ4n) is 8.70. The van der Waals surface area contributed by atoms with Gasteiger partial charge in [0.1, 0.15) is 0 Å². The number of nitrogens with zero attached hydrogens (tertiary/aromatic N) is 6. The molecule has 5 aromatic carbocycles. The Balaban J connectivity index is 1.04. The standard InChI is InChI=1S/C44H32N6S2Se2/c1-43(2)25-13-5-9-17-29(25)49(30-18-10-6-14-26(30)43)35-23-21-33(53-35)37-39-41(47-51-45-39)38(42-40(37)46-52-48-42)34-22-24-36(54-34)50-31-19-11-7-15-27(31)44(3,4)28-16-8-12-20-32(28)50/h5-24H,1-4H3. The van der Waals surface area contributed by atoms with E-state index in [2.05, 4.69) is 159 Å². The summed E-state index contributed by atoms with van der Waals surface area (Å²) >= 11 is 2.55. The summed E-state index contributed by atoms with van der Waals surface area (Å²) in [6.45, 7) is 9.35. The summed E-state index contributed by atoms with van der Waals surface area (Å²) in [5, 5.41) is 0. The summed E-state index contributed by atoms with van der Waals surface area (Å²) in [7, 11) is 0. The first kappa shape index (κ1) is 32.7. The molecule has 0 aliphatic carbocycles. The molecule has 262 valence electrons. The molecule has 6 heterocycles. The Labute approximate surface area is 333 Å². The number of anilines is 6. The second-order valence-electron chi connectivity index (χ2n) is 14.9. The molecule has 0 atom stereocenters. The molecule has 0 spiro atoms. The number of aromatic nitrogens is 2. The Morgan fingerprint density at radius 3 is 1.19 bits per heavy atom. The summed E-state index contributed by atoms with van der Waals surface area (Å²) in [4.78, 5) is 4.97. The van der Waals surface area contributed by atoms with Gasteiger partial charge in [-0.05, 0) is 0 Å². The van der Waals surface area contributed by atoms with E-state index in [-0.39, 0.29) is 39.8 Å². The number of hydrogen-bond donors (Lipinski definition) is 0. The minimum atomic E-state index is -0.0959. The Bertz CT molecular complexity index is 2640. The Hall–Kier alpha value is -4.66. The first-order valence-corrected chi connectivity index (χ1v) is 22.8. The molecule has 0 unspecified atom stereocenters. The van der Waals surface area contributed by atoms with Crippen LogP contribution in [0.15, 0.2) is 130 Å². The van der Waals surface area contributed by atoms with Gasteiger partial charge in [-0.3, -0.25) is 0 Å². The number of fused-ring (bicyclic) bond motifs is 6. The maximum atomic E-state index is 4.99. The molecule has 0 amide bonds. The normalized spacial score (nSPS) is 15.7. The van der Waals surface area contributed by atoms with Crippen LogP contribution in [0.1, 0.15) is 49.9 Å². The van der Waals surface area contributed by atoms with Gasteiger partial charge in [0.2, 0.25) is 0 Å². The van der Waals surface area contributed by atoms with Crippen LogP contribution < -0.4 is 9.80 Å². The second-order valence-corrected chi connectivity index (χ2v) is 20.5. The topological polar surface area (TPSA) is 57.0 Å². The molecule has 0 N–H and O–H groups in total. The second kappa shape index (κ2) is 11.9. The van der Waals surface area contributed by atoms with Crippen LogP contribution in [-0.4, -0.2) is 37.8 Å². The molecule has 0 bridgehead atoms. The van der Waals surface area contributed by atoms with Gasteiger partial charge in [0.05, 0.1) is 0 Å². The number of para-hydroxylation sites is 4. The quantitative estimate of drug-likeness (QED) is 0.165. The summed E-state index contributed by atoms with van der Waals surface area (Å²) in [6, 6.07) is 44.7. The van der Waals surface area contributed by atoms with Crippen molar-refractivity contribution in [2.24, 2.45) is 8.73 Å². The van der Waals surface area contributed by atoms with Crippen molar-refractivity contribution in [2.75, 3.05) is 9.80 Å². The zero-order valence-electron chi connectivity index (χ0n) is 29.9. The summed E-state index contributed by atoms with van der Waals surface area (Å²) < 4.78 is 25.1. The van der Waals surface area contributed by atoms with Gasteiger partial charge in [0.15, 0.2) is 0 Å². The monoisotopic (exact) mass is 868 g/mol. The van der Waals surface area contributed by atoms with Crippen LogP contribution in [-0.2, 0) is 22.2 Å². The SMILES string of the molecule is CC1(C)c2ccccc2N(c2ccc(-c3c4c(c(-c5ccc(N6c7ccccc7C(C)(C)c7ccccc76)[se]5)c5nsnc35)N=S=N4)[se]2)c2ccccc21. The molecule has 3 aliphatic heterocycles. The fourth-order valence-corrected chi connectivity index (χ4v) is 14.4. The summed E-state index contributed by atoms with van der Waals surface area (Å²) in [5.41, 5.74) is 16.1. The van der Waals surface area contributed by atoms with Gasteiger partial charge in [-0.25, -0.2) is 0 Å². The summed E-state index contributed by atoms with van der Waals surface area (Å²) in [6.07, 6.45) is 0. The van der Waals surface area contributed by atoms with Crippen molar-refractivity contribution < 1.29 is 0 Å².